The number of rotatable bonds is 7. The Hall–Kier alpha value is -8.82. The summed E-state index contributed by atoms with van der Waals surface area (Å²) in [6.07, 6.45) is 0. The highest BCUT2D eigenvalue weighted by molar-refractivity contribution is 6.14. The van der Waals surface area contributed by atoms with E-state index in [0.29, 0.717) is 35.2 Å². The zero-order valence-electron chi connectivity index (χ0n) is 33.7. The van der Waals surface area contributed by atoms with E-state index in [4.69, 9.17) is 29.9 Å². The van der Waals surface area contributed by atoms with Gasteiger partial charge in [-0.05, 0) is 42.5 Å². The highest BCUT2D eigenvalue weighted by atomic mass is 15.3. The van der Waals surface area contributed by atoms with Crippen LogP contribution in [0.1, 0.15) is 0 Å². The average Bonchev–Trinajstić information content (AvgIpc) is 3.69. The number of hydrogen-bond acceptors (Lipinski definition) is 8. The molecule has 4 heterocycles. The highest BCUT2D eigenvalue weighted by Gasteiger charge is 2.34. The lowest BCUT2D eigenvalue weighted by Crippen LogP contribution is -2.25. The molecule has 0 unspecified atom stereocenters. The first kappa shape index (κ1) is 36.1. The summed E-state index contributed by atoms with van der Waals surface area (Å²) >= 11 is 0. The van der Waals surface area contributed by atoms with Crippen LogP contribution in [-0.2, 0) is 0 Å². The monoisotopic (exact) mass is 809 g/mol. The second-order valence-electron chi connectivity index (χ2n) is 15.2. The molecule has 0 spiro atoms. The summed E-state index contributed by atoms with van der Waals surface area (Å²) in [7, 11) is 0. The number of hydrogen-bond donors (Lipinski definition) is 0. The fraction of sp³-hybridized carbons (Fsp3) is 0. The Labute approximate surface area is 363 Å². The number of anilines is 6. The van der Waals surface area contributed by atoms with E-state index in [1.807, 2.05) is 127 Å². The maximum absolute atomic E-state index is 5.29. The SMILES string of the molecule is c1ccc(-c2nc(-c3ccccc3)nc(N3c4ccccc4N(c4ccccc4)c4cc5c6ccccc6n(-c6nc(-c7ccccc7)nc(-c7ccccc7)n6)c5cc43)n2)cc1. The second-order valence-corrected chi connectivity index (χ2v) is 15.2. The van der Waals surface area contributed by atoms with Crippen LogP contribution in [-0.4, -0.2) is 34.5 Å². The molecule has 0 radical (unpaired) electrons. The predicted molar refractivity (Wildman–Crippen MR) is 252 cm³/mol. The lowest BCUT2D eigenvalue weighted by Gasteiger charge is -2.39. The summed E-state index contributed by atoms with van der Waals surface area (Å²) in [5.74, 6) is 3.32. The van der Waals surface area contributed by atoms with Gasteiger partial charge in [0.25, 0.3) is 0 Å². The summed E-state index contributed by atoms with van der Waals surface area (Å²) in [4.78, 5) is 35.6. The van der Waals surface area contributed by atoms with Crippen LogP contribution < -0.4 is 9.80 Å². The molecule has 9 nitrogen and oxygen atoms in total. The van der Waals surface area contributed by atoms with Gasteiger partial charge in [0, 0.05) is 38.7 Å². The van der Waals surface area contributed by atoms with Crippen molar-refractivity contribution in [1.82, 2.24) is 34.5 Å². The number of benzene rings is 8. The van der Waals surface area contributed by atoms with Crippen molar-refractivity contribution in [2.45, 2.75) is 0 Å². The zero-order chi connectivity index (χ0) is 41.7. The molecule has 0 atom stereocenters. The molecule has 12 rings (SSSR count). The second kappa shape index (κ2) is 15.0. The Morgan fingerprint density at radius 3 is 1.17 bits per heavy atom. The van der Waals surface area contributed by atoms with Crippen molar-refractivity contribution in [1.29, 1.82) is 0 Å². The molecule has 3 aromatic heterocycles. The Bertz CT molecular complexity index is 3340. The third kappa shape index (κ3) is 6.26. The van der Waals surface area contributed by atoms with Gasteiger partial charge in [0.2, 0.25) is 11.9 Å². The van der Waals surface area contributed by atoms with Crippen LogP contribution in [0.4, 0.5) is 34.4 Å². The largest absolute Gasteiger partial charge is 0.306 e. The Balaban J connectivity index is 1.17. The normalized spacial score (nSPS) is 12.1. The van der Waals surface area contributed by atoms with Crippen LogP contribution in [0.3, 0.4) is 0 Å². The van der Waals surface area contributed by atoms with Crippen molar-refractivity contribution in [3.05, 3.63) is 212 Å². The van der Waals surface area contributed by atoms with Crippen molar-refractivity contribution in [2.75, 3.05) is 9.80 Å². The highest BCUT2D eigenvalue weighted by Crippen LogP contribution is 2.55. The Morgan fingerprint density at radius 1 is 0.270 bits per heavy atom. The van der Waals surface area contributed by atoms with Crippen molar-refractivity contribution >= 4 is 56.2 Å². The molecule has 0 fully saturated rings. The summed E-state index contributed by atoms with van der Waals surface area (Å²) in [6.45, 7) is 0. The van der Waals surface area contributed by atoms with E-state index in [9.17, 15) is 0 Å². The predicted octanol–water partition coefficient (Wildman–Crippen LogP) is 13.1. The minimum atomic E-state index is 0.490. The summed E-state index contributed by atoms with van der Waals surface area (Å²) in [5, 5.41) is 2.10. The molecular weight excluding hydrogens is 775 g/mol. The molecule has 0 saturated heterocycles. The van der Waals surface area contributed by atoms with Crippen molar-refractivity contribution in [2.24, 2.45) is 0 Å². The molecule has 9 heteroatoms. The number of fused-ring (bicyclic) bond motifs is 5. The van der Waals surface area contributed by atoms with Gasteiger partial charge in [-0.15, -0.1) is 0 Å². The van der Waals surface area contributed by atoms with Crippen LogP contribution in [0.15, 0.2) is 212 Å². The molecule has 296 valence electrons. The van der Waals surface area contributed by atoms with E-state index in [-0.39, 0.29) is 0 Å². The first-order chi connectivity index (χ1) is 31.2. The third-order valence-electron chi connectivity index (χ3n) is 11.4. The van der Waals surface area contributed by atoms with Gasteiger partial charge in [0.05, 0.1) is 33.8 Å². The van der Waals surface area contributed by atoms with Gasteiger partial charge in [0.1, 0.15) is 0 Å². The third-order valence-corrected chi connectivity index (χ3v) is 11.4. The Kier molecular flexibility index (Phi) is 8.60. The summed E-state index contributed by atoms with van der Waals surface area (Å²) in [5.41, 5.74) is 10.2. The molecule has 1 aliphatic heterocycles. The maximum atomic E-state index is 5.29. The van der Waals surface area contributed by atoms with Crippen LogP contribution >= 0.6 is 0 Å². The van der Waals surface area contributed by atoms with Crippen LogP contribution in [0.2, 0.25) is 0 Å². The van der Waals surface area contributed by atoms with E-state index in [1.165, 1.54) is 0 Å². The van der Waals surface area contributed by atoms with Gasteiger partial charge in [-0.2, -0.15) is 19.9 Å². The van der Waals surface area contributed by atoms with Gasteiger partial charge in [-0.25, -0.2) is 9.97 Å². The van der Waals surface area contributed by atoms with Gasteiger partial charge in [-0.1, -0.05) is 170 Å². The number of aromatic nitrogens is 7. The molecule has 0 saturated carbocycles. The standard InChI is InChI=1S/C54H35N9/c1-6-20-36(21-7-1)49-55-50(37-22-8-2-9-23-37)58-53(57-49)62-43-31-17-16-30-41(43)42-34-47-48(35-46(42)62)63(45-33-19-18-32-44(45)61(47)40-28-14-5-15-29-40)54-59-51(38-24-10-3-11-25-38)56-52(60-54)39-26-12-4-13-27-39/h1-35H. The number of nitrogens with zero attached hydrogens (tertiary/aromatic N) is 9. The molecule has 1 aliphatic rings. The average molecular weight is 810 g/mol. The molecule has 11 aromatic rings. The van der Waals surface area contributed by atoms with Gasteiger partial charge >= 0.3 is 0 Å². The maximum Gasteiger partial charge on any atom is 0.238 e. The van der Waals surface area contributed by atoms with Crippen LogP contribution in [0.25, 0.3) is 73.3 Å². The topological polar surface area (TPSA) is 88.8 Å². The summed E-state index contributed by atoms with van der Waals surface area (Å²) in [6, 6.07) is 72.2. The summed E-state index contributed by atoms with van der Waals surface area (Å²) < 4.78 is 2.16. The molecule has 0 bridgehead atoms. The minimum Gasteiger partial charge on any atom is -0.306 e. The Morgan fingerprint density at radius 2 is 0.667 bits per heavy atom. The van der Waals surface area contributed by atoms with E-state index < -0.39 is 0 Å². The first-order valence-corrected chi connectivity index (χ1v) is 20.8. The lowest BCUT2D eigenvalue weighted by molar-refractivity contribution is 0.953. The van der Waals surface area contributed by atoms with E-state index in [2.05, 4.69) is 99.3 Å². The molecule has 8 aromatic carbocycles. The fourth-order valence-electron chi connectivity index (χ4n) is 8.53. The molecule has 0 N–H and O–H groups in total. The van der Waals surface area contributed by atoms with Crippen LogP contribution in [0.5, 0.6) is 0 Å². The molecule has 0 amide bonds. The molecule has 0 aliphatic carbocycles. The van der Waals surface area contributed by atoms with Crippen LogP contribution in [0, 0.1) is 0 Å². The lowest BCUT2D eigenvalue weighted by atomic mass is 10.0. The van der Waals surface area contributed by atoms with E-state index in [0.717, 1.165) is 72.5 Å². The van der Waals surface area contributed by atoms with Crippen molar-refractivity contribution < 1.29 is 0 Å². The van der Waals surface area contributed by atoms with Gasteiger partial charge in [-0.3, -0.25) is 9.47 Å². The van der Waals surface area contributed by atoms with E-state index >= 15 is 0 Å². The van der Waals surface area contributed by atoms with E-state index in [1.54, 1.807) is 0 Å². The smallest absolute Gasteiger partial charge is 0.238 e. The van der Waals surface area contributed by atoms with Gasteiger partial charge < -0.3 is 4.90 Å². The minimum absolute atomic E-state index is 0.490. The first-order valence-electron chi connectivity index (χ1n) is 20.8. The quantitative estimate of drug-likeness (QED) is 0.157. The van der Waals surface area contributed by atoms with Gasteiger partial charge in [0.15, 0.2) is 23.3 Å². The fourth-order valence-corrected chi connectivity index (χ4v) is 8.53. The molecular formula is C54H35N9. The molecule has 63 heavy (non-hydrogen) atoms. The van der Waals surface area contributed by atoms with Crippen molar-refractivity contribution in [3.63, 3.8) is 0 Å². The van der Waals surface area contributed by atoms with Crippen molar-refractivity contribution in [3.8, 4) is 51.5 Å². The number of para-hydroxylation sites is 4. The zero-order valence-corrected chi connectivity index (χ0v) is 33.7.